The fourth-order valence-corrected chi connectivity index (χ4v) is 5.69. The molecule has 0 atom stereocenters. The zero-order valence-corrected chi connectivity index (χ0v) is 20.8. The molecule has 4 rings (SSSR count). The minimum Gasteiger partial charge on any atom is -0.482 e. The van der Waals surface area contributed by atoms with Gasteiger partial charge in [-0.15, -0.1) is 10.2 Å². The van der Waals surface area contributed by atoms with E-state index in [0.717, 1.165) is 11.8 Å². The monoisotopic (exact) mass is 540 g/mol. The van der Waals surface area contributed by atoms with Crippen molar-refractivity contribution in [3.8, 4) is 5.75 Å². The molecule has 3 aromatic rings. The predicted octanol–water partition coefficient (Wildman–Crippen LogP) is 1.99. The number of piperazine rings is 1. The number of hydrogen-bond donors (Lipinski definition) is 1. The van der Waals surface area contributed by atoms with Crippen LogP contribution in [-0.2, 0) is 21.4 Å². The standard InChI is InChI=1S/C21H22ClFN6O4S2/c22-15-5-7-16(8-6-15)35(31,32)28-11-9-27(10-12-28)20(30)14-34-21-26-25-19(29(21)24)13-33-18-4-2-1-3-17(18)23/h1-8H,9-14,24H2. The van der Waals surface area contributed by atoms with Gasteiger partial charge < -0.3 is 15.5 Å². The summed E-state index contributed by atoms with van der Waals surface area (Å²) in [6.45, 7) is 0.813. The molecule has 10 nitrogen and oxygen atoms in total. The Morgan fingerprint density at radius 1 is 1.09 bits per heavy atom. The number of carbonyl (C=O) groups excluding carboxylic acids is 1. The molecule has 1 aliphatic heterocycles. The maximum Gasteiger partial charge on any atom is 0.243 e. The molecule has 0 saturated carbocycles. The third kappa shape index (κ3) is 5.86. The maximum atomic E-state index is 13.7. The Morgan fingerprint density at radius 2 is 1.77 bits per heavy atom. The first kappa shape index (κ1) is 25.2. The summed E-state index contributed by atoms with van der Waals surface area (Å²) < 4.78 is 47.2. The van der Waals surface area contributed by atoms with Crippen LogP contribution in [0.4, 0.5) is 4.39 Å². The molecule has 14 heteroatoms. The van der Waals surface area contributed by atoms with Crippen molar-refractivity contribution in [1.82, 2.24) is 24.1 Å². The minimum absolute atomic E-state index is 0.0490. The molecule has 0 aliphatic carbocycles. The lowest BCUT2D eigenvalue weighted by molar-refractivity contribution is -0.129. The third-order valence-corrected chi connectivity index (χ3v) is 8.39. The average molecular weight is 541 g/mol. The second-order valence-corrected chi connectivity index (χ2v) is 10.8. The van der Waals surface area contributed by atoms with Crippen LogP contribution in [-0.4, -0.2) is 70.3 Å². The van der Waals surface area contributed by atoms with Gasteiger partial charge in [0.1, 0.15) is 6.61 Å². The first-order valence-electron chi connectivity index (χ1n) is 10.5. The van der Waals surface area contributed by atoms with Crippen LogP contribution in [0.5, 0.6) is 5.75 Å². The van der Waals surface area contributed by atoms with Crippen LogP contribution in [0.1, 0.15) is 5.82 Å². The fraction of sp³-hybridized carbons (Fsp3) is 0.286. The van der Waals surface area contributed by atoms with Gasteiger partial charge in [0, 0.05) is 31.2 Å². The largest absolute Gasteiger partial charge is 0.482 e. The molecule has 0 radical (unpaired) electrons. The fourth-order valence-electron chi connectivity index (χ4n) is 3.36. The van der Waals surface area contributed by atoms with E-state index in [1.807, 2.05) is 0 Å². The summed E-state index contributed by atoms with van der Waals surface area (Å²) in [4.78, 5) is 14.4. The van der Waals surface area contributed by atoms with Gasteiger partial charge in [-0.2, -0.15) is 4.31 Å². The molecule has 1 aliphatic rings. The van der Waals surface area contributed by atoms with Gasteiger partial charge in [0.15, 0.2) is 17.4 Å². The molecule has 0 spiro atoms. The van der Waals surface area contributed by atoms with Crippen molar-refractivity contribution >= 4 is 39.3 Å². The number of amides is 1. The number of halogens is 2. The third-order valence-electron chi connectivity index (χ3n) is 5.30. The van der Waals surface area contributed by atoms with Gasteiger partial charge in [0.2, 0.25) is 21.1 Å². The molecule has 35 heavy (non-hydrogen) atoms. The first-order chi connectivity index (χ1) is 16.8. The molecular weight excluding hydrogens is 519 g/mol. The van der Waals surface area contributed by atoms with Crippen molar-refractivity contribution in [2.45, 2.75) is 16.7 Å². The molecule has 0 unspecified atom stereocenters. The normalized spacial score (nSPS) is 14.7. The number of ether oxygens (including phenoxy) is 1. The van der Waals surface area contributed by atoms with Crippen LogP contribution in [0.15, 0.2) is 58.6 Å². The minimum atomic E-state index is -3.66. The van der Waals surface area contributed by atoms with Crippen LogP contribution in [0.2, 0.25) is 5.02 Å². The van der Waals surface area contributed by atoms with Crippen molar-refractivity contribution in [2.75, 3.05) is 37.8 Å². The number of benzene rings is 2. The lowest BCUT2D eigenvalue weighted by Crippen LogP contribution is -2.51. The second-order valence-electron chi connectivity index (χ2n) is 7.52. The van der Waals surface area contributed by atoms with Gasteiger partial charge in [-0.3, -0.25) is 4.79 Å². The lowest BCUT2D eigenvalue weighted by atomic mass is 10.3. The topological polar surface area (TPSA) is 124 Å². The highest BCUT2D eigenvalue weighted by molar-refractivity contribution is 7.99. The molecule has 2 heterocycles. The van der Waals surface area contributed by atoms with Crippen LogP contribution in [0.25, 0.3) is 0 Å². The Morgan fingerprint density at radius 3 is 2.46 bits per heavy atom. The second kappa shape index (κ2) is 10.8. The highest BCUT2D eigenvalue weighted by Crippen LogP contribution is 2.22. The summed E-state index contributed by atoms with van der Waals surface area (Å²) >= 11 is 6.94. The van der Waals surface area contributed by atoms with Crippen molar-refractivity contribution in [3.63, 3.8) is 0 Å². The van der Waals surface area contributed by atoms with E-state index in [2.05, 4.69) is 10.2 Å². The van der Waals surface area contributed by atoms with Gasteiger partial charge in [-0.25, -0.2) is 17.5 Å². The van der Waals surface area contributed by atoms with Gasteiger partial charge >= 0.3 is 0 Å². The Balaban J connectivity index is 1.27. The molecule has 2 aromatic carbocycles. The van der Waals surface area contributed by atoms with Crippen LogP contribution >= 0.6 is 23.4 Å². The van der Waals surface area contributed by atoms with Crippen LogP contribution in [0, 0.1) is 5.82 Å². The summed E-state index contributed by atoms with van der Waals surface area (Å²) in [6, 6.07) is 11.9. The number of rotatable bonds is 8. The Hall–Kier alpha value is -2.87. The first-order valence-corrected chi connectivity index (χ1v) is 13.3. The van der Waals surface area contributed by atoms with E-state index in [9.17, 15) is 17.6 Å². The van der Waals surface area contributed by atoms with E-state index in [1.165, 1.54) is 45.4 Å². The van der Waals surface area contributed by atoms with E-state index < -0.39 is 15.8 Å². The van der Waals surface area contributed by atoms with Crippen molar-refractivity contribution in [1.29, 1.82) is 0 Å². The maximum absolute atomic E-state index is 13.7. The van der Waals surface area contributed by atoms with E-state index in [0.29, 0.717) is 10.2 Å². The van der Waals surface area contributed by atoms with Crippen LogP contribution in [0.3, 0.4) is 0 Å². The molecule has 1 fully saturated rings. The number of nitrogen functional groups attached to an aromatic ring is 1. The van der Waals surface area contributed by atoms with Gasteiger partial charge in [-0.1, -0.05) is 35.5 Å². The molecule has 2 N–H and O–H groups in total. The van der Waals surface area contributed by atoms with Crippen molar-refractivity contribution in [3.05, 3.63) is 65.2 Å². The van der Waals surface area contributed by atoms with Crippen LogP contribution < -0.4 is 10.6 Å². The summed E-state index contributed by atoms with van der Waals surface area (Å²) in [5.74, 6) is 5.70. The Labute approximate surface area is 210 Å². The number of hydrogen-bond acceptors (Lipinski definition) is 8. The highest BCUT2D eigenvalue weighted by Gasteiger charge is 2.30. The Kier molecular flexibility index (Phi) is 7.79. The SMILES string of the molecule is Nn1c(COc2ccccc2F)nnc1SCC(=O)N1CCN(S(=O)(=O)c2ccc(Cl)cc2)CC1. The molecule has 186 valence electrons. The van der Waals surface area contributed by atoms with E-state index in [1.54, 1.807) is 17.0 Å². The molecule has 1 saturated heterocycles. The van der Waals surface area contributed by atoms with Gasteiger partial charge in [0.05, 0.1) is 10.6 Å². The number of nitrogens with zero attached hydrogens (tertiary/aromatic N) is 5. The lowest BCUT2D eigenvalue weighted by Gasteiger charge is -2.34. The quantitative estimate of drug-likeness (QED) is 0.340. The predicted molar refractivity (Wildman–Crippen MR) is 128 cm³/mol. The van der Waals surface area contributed by atoms with Crippen molar-refractivity contribution in [2.24, 2.45) is 0 Å². The summed E-state index contributed by atoms with van der Waals surface area (Å²) in [7, 11) is -3.66. The van der Waals surface area contributed by atoms with E-state index >= 15 is 0 Å². The summed E-state index contributed by atoms with van der Waals surface area (Å²) in [5, 5.41) is 8.65. The summed E-state index contributed by atoms with van der Waals surface area (Å²) in [5.41, 5.74) is 0. The van der Waals surface area contributed by atoms with E-state index in [-0.39, 0.29) is 60.9 Å². The number of para-hydroxylation sites is 1. The number of carbonyl (C=O) groups is 1. The smallest absolute Gasteiger partial charge is 0.243 e. The van der Waals surface area contributed by atoms with E-state index in [4.69, 9.17) is 22.2 Å². The Bertz CT molecular complexity index is 1300. The molecule has 1 amide bonds. The number of nitrogens with two attached hydrogens (primary N) is 1. The summed E-state index contributed by atoms with van der Waals surface area (Å²) in [6.07, 6.45) is 0. The van der Waals surface area contributed by atoms with Gasteiger partial charge in [0.25, 0.3) is 0 Å². The highest BCUT2D eigenvalue weighted by atomic mass is 35.5. The zero-order chi connectivity index (χ0) is 25.0. The van der Waals surface area contributed by atoms with Crippen molar-refractivity contribution < 1.29 is 22.3 Å². The molecule has 1 aromatic heterocycles. The number of thioether (sulfide) groups is 1. The number of sulfonamides is 1. The molecular formula is C21H22ClFN6O4S2. The average Bonchev–Trinajstić information content (AvgIpc) is 3.21. The molecule has 0 bridgehead atoms. The number of aromatic nitrogens is 3. The van der Waals surface area contributed by atoms with Gasteiger partial charge in [-0.05, 0) is 36.4 Å². The zero-order valence-electron chi connectivity index (χ0n) is 18.4.